The molecule has 63 valence electrons. The Bertz CT molecular complexity index is 271. The van der Waals surface area contributed by atoms with Gasteiger partial charge in [0.2, 0.25) is 0 Å². The predicted octanol–water partition coefficient (Wildman–Crippen LogP) is 1.01. The zero-order valence-electron chi connectivity index (χ0n) is 6.21. The molecular formula is C8H7FNO2. The van der Waals surface area contributed by atoms with Gasteiger partial charge in [0.1, 0.15) is 11.6 Å². The Morgan fingerprint density at radius 2 is 2.00 bits per heavy atom. The highest BCUT2D eigenvalue weighted by Gasteiger charge is 1.97. The molecule has 0 atom stereocenters. The predicted molar refractivity (Wildman–Crippen MR) is 40.0 cm³/mol. The third-order valence-electron chi connectivity index (χ3n) is 1.18. The summed E-state index contributed by atoms with van der Waals surface area (Å²) in [6.07, 6.45) is 0. The average Bonchev–Trinajstić information content (AvgIpc) is 2.03. The summed E-state index contributed by atoms with van der Waals surface area (Å²) in [5.41, 5.74) is 6.53. The molecule has 0 aliphatic carbocycles. The fourth-order valence-electron chi connectivity index (χ4n) is 0.680. The first-order valence-electron chi connectivity index (χ1n) is 3.31. The van der Waals surface area contributed by atoms with Crippen LogP contribution in [-0.4, -0.2) is 12.5 Å². The minimum atomic E-state index is -0.806. The molecule has 0 spiro atoms. The Morgan fingerprint density at radius 3 is 2.50 bits per heavy atom. The molecule has 1 amide bonds. The second-order valence-corrected chi connectivity index (χ2v) is 2.17. The molecule has 0 aliphatic rings. The summed E-state index contributed by atoms with van der Waals surface area (Å²) in [6, 6.07) is 5.25. The van der Waals surface area contributed by atoms with E-state index in [4.69, 9.17) is 10.5 Å². The lowest BCUT2D eigenvalue weighted by Crippen LogP contribution is -2.11. The maximum Gasteiger partial charge on any atom is 0.276 e. The maximum atomic E-state index is 12.3. The van der Waals surface area contributed by atoms with Gasteiger partial charge in [0.05, 0.1) is 0 Å². The summed E-state index contributed by atoms with van der Waals surface area (Å²) >= 11 is 0. The third kappa shape index (κ3) is 2.57. The first-order valence-corrected chi connectivity index (χ1v) is 3.31. The topological polar surface area (TPSA) is 50.1 Å². The van der Waals surface area contributed by atoms with Crippen molar-refractivity contribution in [1.29, 1.82) is 0 Å². The van der Waals surface area contributed by atoms with E-state index in [-0.39, 0.29) is 12.4 Å². The number of hydrogen-bond donors (Lipinski definition) is 0. The fraction of sp³-hybridized carbons (Fsp3) is 0.125. The largest absolute Gasteiger partial charge is 0.484 e. The molecule has 0 saturated carbocycles. The van der Waals surface area contributed by atoms with Crippen molar-refractivity contribution in [3.05, 3.63) is 30.1 Å². The second kappa shape index (κ2) is 3.71. The number of ether oxygens (including phenoxy) is 1. The van der Waals surface area contributed by atoms with Crippen molar-refractivity contribution < 1.29 is 13.9 Å². The van der Waals surface area contributed by atoms with Gasteiger partial charge in [0.15, 0.2) is 6.61 Å². The molecule has 12 heavy (non-hydrogen) atoms. The molecule has 0 bridgehead atoms. The Hall–Kier alpha value is -1.58. The minimum absolute atomic E-state index is 0.300. The lowest BCUT2D eigenvalue weighted by Gasteiger charge is -2.01. The molecule has 4 heteroatoms. The van der Waals surface area contributed by atoms with Gasteiger partial charge < -0.3 is 4.74 Å². The van der Waals surface area contributed by atoms with Crippen LogP contribution in [0.1, 0.15) is 0 Å². The molecule has 1 N–H and O–H groups in total. The fourth-order valence-corrected chi connectivity index (χ4v) is 0.680. The van der Waals surface area contributed by atoms with Gasteiger partial charge in [-0.25, -0.2) is 4.39 Å². The van der Waals surface area contributed by atoms with E-state index in [0.29, 0.717) is 5.75 Å². The number of hydrogen-bond acceptors (Lipinski definition) is 2. The lowest BCUT2D eigenvalue weighted by molar-refractivity contribution is -0.120. The van der Waals surface area contributed by atoms with Gasteiger partial charge in [0, 0.05) is 0 Å². The molecule has 1 aromatic carbocycles. The number of nitrogens with one attached hydrogen (secondary N) is 1. The summed E-state index contributed by atoms with van der Waals surface area (Å²) in [7, 11) is 0. The van der Waals surface area contributed by atoms with Crippen molar-refractivity contribution in [3.8, 4) is 5.75 Å². The zero-order valence-corrected chi connectivity index (χ0v) is 6.21. The van der Waals surface area contributed by atoms with Crippen molar-refractivity contribution in [1.82, 2.24) is 5.73 Å². The van der Waals surface area contributed by atoms with Crippen molar-refractivity contribution in [2.45, 2.75) is 0 Å². The number of carbonyl (C=O) groups excluding carboxylic acids is 1. The normalized spacial score (nSPS) is 9.42. The van der Waals surface area contributed by atoms with Crippen LogP contribution in [0.15, 0.2) is 24.3 Å². The van der Waals surface area contributed by atoms with Gasteiger partial charge in [-0.1, -0.05) is 0 Å². The molecular weight excluding hydrogens is 161 g/mol. The highest BCUT2D eigenvalue weighted by Crippen LogP contribution is 2.10. The molecule has 0 fully saturated rings. The first kappa shape index (κ1) is 8.52. The van der Waals surface area contributed by atoms with E-state index < -0.39 is 5.91 Å². The summed E-state index contributed by atoms with van der Waals surface area (Å²) in [6.45, 7) is -0.300. The van der Waals surface area contributed by atoms with E-state index in [1.807, 2.05) is 0 Å². The Morgan fingerprint density at radius 1 is 1.42 bits per heavy atom. The molecule has 1 aromatic rings. The standard InChI is InChI=1S/C8H7FNO2/c9-6-1-3-7(4-2-6)12-5-8(10)11/h1-4,10H,5H2. The summed E-state index contributed by atoms with van der Waals surface area (Å²) in [4.78, 5) is 10.2. The molecule has 1 radical (unpaired) electrons. The highest BCUT2D eigenvalue weighted by molar-refractivity contribution is 5.74. The van der Waals surface area contributed by atoms with E-state index in [9.17, 15) is 9.18 Å². The van der Waals surface area contributed by atoms with E-state index >= 15 is 0 Å². The van der Waals surface area contributed by atoms with Crippen LogP contribution >= 0.6 is 0 Å². The molecule has 0 unspecified atom stereocenters. The van der Waals surface area contributed by atoms with Gasteiger partial charge in [-0.05, 0) is 24.3 Å². The number of benzene rings is 1. The Balaban J connectivity index is 2.53. The Kier molecular flexibility index (Phi) is 2.63. The van der Waals surface area contributed by atoms with Crippen LogP contribution in [-0.2, 0) is 4.79 Å². The monoisotopic (exact) mass is 168 g/mol. The van der Waals surface area contributed by atoms with Gasteiger partial charge >= 0.3 is 0 Å². The molecule has 1 rings (SSSR count). The van der Waals surface area contributed by atoms with Crippen molar-refractivity contribution in [2.75, 3.05) is 6.61 Å². The van der Waals surface area contributed by atoms with Crippen LogP contribution in [0, 0.1) is 5.82 Å². The van der Waals surface area contributed by atoms with Crippen LogP contribution in [0.4, 0.5) is 4.39 Å². The molecule has 0 aliphatic heterocycles. The van der Waals surface area contributed by atoms with Crippen molar-refractivity contribution >= 4 is 5.91 Å². The zero-order chi connectivity index (χ0) is 8.97. The van der Waals surface area contributed by atoms with E-state index in [1.54, 1.807) is 0 Å². The Labute approximate surface area is 68.9 Å². The molecule has 0 aromatic heterocycles. The summed E-state index contributed by atoms with van der Waals surface area (Å²) < 4.78 is 17.1. The van der Waals surface area contributed by atoms with Crippen molar-refractivity contribution in [2.24, 2.45) is 0 Å². The second-order valence-electron chi connectivity index (χ2n) is 2.17. The number of carbonyl (C=O) groups is 1. The van der Waals surface area contributed by atoms with E-state index in [0.717, 1.165) is 0 Å². The van der Waals surface area contributed by atoms with Crippen LogP contribution in [0.5, 0.6) is 5.75 Å². The van der Waals surface area contributed by atoms with E-state index in [1.165, 1.54) is 24.3 Å². The van der Waals surface area contributed by atoms with Gasteiger partial charge in [-0.2, -0.15) is 0 Å². The third-order valence-corrected chi connectivity index (χ3v) is 1.18. The summed E-state index contributed by atoms with van der Waals surface area (Å²) in [5.74, 6) is -0.782. The van der Waals surface area contributed by atoms with Crippen molar-refractivity contribution in [3.63, 3.8) is 0 Å². The van der Waals surface area contributed by atoms with Crippen LogP contribution in [0.3, 0.4) is 0 Å². The smallest absolute Gasteiger partial charge is 0.276 e. The molecule has 0 saturated heterocycles. The van der Waals surface area contributed by atoms with Gasteiger partial charge in [-0.3, -0.25) is 10.5 Å². The quantitative estimate of drug-likeness (QED) is 0.676. The average molecular weight is 168 g/mol. The van der Waals surface area contributed by atoms with Crippen LogP contribution in [0.2, 0.25) is 0 Å². The van der Waals surface area contributed by atoms with Crippen LogP contribution < -0.4 is 10.5 Å². The number of halogens is 1. The lowest BCUT2D eigenvalue weighted by atomic mass is 10.3. The van der Waals surface area contributed by atoms with E-state index in [2.05, 4.69) is 0 Å². The first-order chi connectivity index (χ1) is 5.68. The van der Waals surface area contributed by atoms with Crippen LogP contribution in [0.25, 0.3) is 0 Å². The molecule has 3 nitrogen and oxygen atoms in total. The maximum absolute atomic E-state index is 12.3. The summed E-state index contributed by atoms with van der Waals surface area (Å²) in [5, 5.41) is 0. The minimum Gasteiger partial charge on any atom is -0.484 e. The SMILES string of the molecule is [NH]C(=O)COc1ccc(F)cc1. The number of rotatable bonds is 3. The number of amides is 1. The van der Waals surface area contributed by atoms with Gasteiger partial charge in [0.25, 0.3) is 5.91 Å². The highest BCUT2D eigenvalue weighted by atomic mass is 19.1. The molecule has 0 heterocycles. The van der Waals surface area contributed by atoms with Gasteiger partial charge in [-0.15, -0.1) is 0 Å².